The maximum atomic E-state index is 12.9. The molecule has 0 spiro atoms. The molecule has 1 heterocycles. The van der Waals surface area contributed by atoms with Crippen molar-refractivity contribution in [2.45, 2.75) is 12.3 Å². The maximum Gasteiger partial charge on any atom is 0.220 e. The fourth-order valence-corrected chi connectivity index (χ4v) is 1.65. The molecule has 1 aromatic carbocycles. The van der Waals surface area contributed by atoms with Crippen LogP contribution in [0.5, 0.6) is 0 Å². The second kappa shape index (κ2) is 3.56. The Morgan fingerprint density at radius 1 is 1.20 bits per heavy atom. The van der Waals surface area contributed by atoms with E-state index in [-0.39, 0.29) is 18.2 Å². The smallest absolute Gasteiger partial charge is 0.220 e. The van der Waals surface area contributed by atoms with Crippen LogP contribution in [0.1, 0.15) is 17.9 Å². The maximum absolute atomic E-state index is 12.9. The van der Waals surface area contributed by atoms with Gasteiger partial charge >= 0.3 is 0 Å². The molecule has 1 aromatic rings. The lowest BCUT2D eigenvalue weighted by atomic mass is 9.98. The number of hydrogen-bond donors (Lipinski definition) is 1. The van der Waals surface area contributed by atoms with Gasteiger partial charge in [0.15, 0.2) is 17.5 Å². The van der Waals surface area contributed by atoms with E-state index < -0.39 is 17.5 Å². The summed E-state index contributed by atoms with van der Waals surface area (Å²) < 4.78 is 38.4. The molecule has 0 saturated carbocycles. The van der Waals surface area contributed by atoms with Crippen molar-refractivity contribution >= 4 is 5.91 Å². The number of rotatable bonds is 1. The number of carbonyl (C=O) groups excluding carboxylic acids is 1. The fraction of sp³-hybridized carbons (Fsp3) is 0.300. The van der Waals surface area contributed by atoms with Crippen LogP contribution >= 0.6 is 0 Å². The Kier molecular flexibility index (Phi) is 2.38. The summed E-state index contributed by atoms with van der Waals surface area (Å²) in [7, 11) is 0. The van der Waals surface area contributed by atoms with E-state index in [9.17, 15) is 18.0 Å². The Morgan fingerprint density at radius 2 is 1.80 bits per heavy atom. The van der Waals surface area contributed by atoms with Gasteiger partial charge in [-0.15, -0.1) is 0 Å². The van der Waals surface area contributed by atoms with Crippen LogP contribution in [0.2, 0.25) is 0 Å². The molecule has 1 aliphatic rings. The van der Waals surface area contributed by atoms with Gasteiger partial charge in [0.1, 0.15) is 0 Å². The fourth-order valence-electron chi connectivity index (χ4n) is 1.65. The summed E-state index contributed by atoms with van der Waals surface area (Å²) in [4.78, 5) is 10.9. The van der Waals surface area contributed by atoms with E-state index in [1.807, 2.05) is 0 Å². The lowest BCUT2D eigenvalue weighted by Gasteiger charge is -2.08. The third-order valence-electron chi connectivity index (χ3n) is 2.45. The number of carbonyl (C=O) groups is 1. The number of halogens is 3. The molecule has 2 nitrogen and oxygen atoms in total. The van der Waals surface area contributed by atoms with Crippen molar-refractivity contribution in [2.24, 2.45) is 0 Å². The average Bonchev–Trinajstić information content (AvgIpc) is 2.60. The van der Waals surface area contributed by atoms with E-state index in [1.54, 1.807) is 0 Å². The third kappa shape index (κ3) is 1.82. The lowest BCUT2D eigenvalue weighted by Crippen LogP contribution is -2.13. The minimum atomic E-state index is -1.48. The standard InChI is InChI=1S/C10H8F3NO/c11-7-1-5(2-8(12)10(7)13)6-3-9(15)14-4-6/h1-2,6H,3-4H2,(H,14,15)/t6-/m1/s1. The molecule has 0 bridgehead atoms. The Hall–Kier alpha value is -1.52. The first kappa shape index (κ1) is 10.0. The highest BCUT2D eigenvalue weighted by Gasteiger charge is 2.25. The van der Waals surface area contributed by atoms with Gasteiger partial charge in [-0.2, -0.15) is 0 Å². The second-order valence-electron chi connectivity index (χ2n) is 3.50. The van der Waals surface area contributed by atoms with Gasteiger partial charge in [-0.25, -0.2) is 13.2 Å². The van der Waals surface area contributed by atoms with Crippen LogP contribution < -0.4 is 5.32 Å². The van der Waals surface area contributed by atoms with E-state index >= 15 is 0 Å². The highest BCUT2D eigenvalue weighted by Crippen LogP contribution is 2.25. The Morgan fingerprint density at radius 3 is 2.27 bits per heavy atom. The van der Waals surface area contributed by atoms with Crippen LogP contribution in [-0.4, -0.2) is 12.5 Å². The molecular formula is C10H8F3NO. The van der Waals surface area contributed by atoms with E-state index in [2.05, 4.69) is 5.32 Å². The number of nitrogens with one attached hydrogen (secondary N) is 1. The van der Waals surface area contributed by atoms with Gasteiger partial charge in [-0.05, 0) is 17.7 Å². The van der Waals surface area contributed by atoms with Crippen LogP contribution in [0.15, 0.2) is 12.1 Å². The van der Waals surface area contributed by atoms with Gasteiger partial charge in [0.05, 0.1) is 0 Å². The highest BCUT2D eigenvalue weighted by molar-refractivity contribution is 5.79. The molecule has 5 heteroatoms. The summed E-state index contributed by atoms with van der Waals surface area (Å²) in [6.07, 6.45) is 0.185. The van der Waals surface area contributed by atoms with Gasteiger partial charge < -0.3 is 5.32 Å². The number of hydrogen-bond acceptors (Lipinski definition) is 1. The van der Waals surface area contributed by atoms with Crippen molar-refractivity contribution in [1.82, 2.24) is 5.32 Å². The SMILES string of the molecule is O=C1C[C@@H](c2cc(F)c(F)c(F)c2)CN1. The van der Waals surface area contributed by atoms with Crippen LogP contribution in [0.25, 0.3) is 0 Å². The van der Waals surface area contributed by atoms with Gasteiger partial charge in [-0.3, -0.25) is 4.79 Å². The van der Waals surface area contributed by atoms with Crippen molar-refractivity contribution in [3.05, 3.63) is 35.1 Å². The van der Waals surface area contributed by atoms with Crippen molar-refractivity contribution in [1.29, 1.82) is 0 Å². The first-order valence-corrected chi connectivity index (χ1v) is 4.49. The number of benzene rings is 1. The normalized spacial score (nSPS) is 20.5. The van der Waals surface area contributed by atoms with Crippen LogP contribution in [0, 0.1) is 17.5 Å². The average molecular weight is 215 g/mol. The summed E-state index contributed by atoms with van der Waals surface area (Å²) in [6, 6.07) is 1.87. The summed E-state index contributed by atoms with van der Waals surface area (Å²) in [5.74, 6) is -4.35. The molecule has 1 N–H and O–H groups in total. The molecule has 1 saturated heterocycles. The van der Waals surface area contributed by atoms with E-state index in [4.69, 9.17) is 0 Å². The molecule has 0 aliphatic carbocycles. The van der Waals surface area contributed by atoms with Crippen molar-refractivity contribution in [3.8, 4) is 0 Å². The molecule has 1 amide bonds. The van der Waals surface area contributed by atoms with Gasteiger partial charge in [0.25, 0.3) is 0 Å². The highest BCUT2D eigenvalue weighted by atomic mass is 19.2. The Balaban J connectivity index is 2.33. The zero-order chi connectivity index (χ0) is 11.0. The lowest BCUT2D eigenvalue weighted by molar-refractivity contribution is -0.119. The molecule has 1 aliphatic heterocycles. The van der Waals surface area contributed by atoms with Gasteiger partial charge in [0, 0.05) is 18.9 Å². The molecule has 1 fully saturated rings. The van der Waals surface area contributed by atoms with E-state index in [0.29, 0.717) is 12.1 Å². The van der Waals surface area contributed by atoms with Gasteiger partial charge in [-0.1, -0.05) is 0 Å². The molecule has 0 radical (unpaired) electrons. The summed E-state index contributed by atoms with van der Waals surface area (Å²) in [6.45, 7) is 0.337. The van der Waals surface area contributed by atoms with E-state index in [1.165, 1.54) is 0 Å². The first-order chi connectivity index (χ1) is 7.08. The van der Waals surface area contributed by atoms with Crippen LogP contribution in [0.3, 0.4) is 0 Å². The molecule has 2 rings (SSSR count). The first-order valence-electron chi connectivity index (χ1n) is 4.49. The van der Waals surface area contributed by atoms with Crippen molar-refractivity contribution in [3.63, 3.8) is 0 Å². The summed E-state index contributed by atoms with van der Waals surface area (Å²) in [5.41, 5.74) is 0.310. The zero-order valence-electron chi connectivity index (χ0n) is 7.69. The summed E-state index contributed by atoms with van der Waals surface area (Å²) in [5, 5.41) is 2.54. The molecule has 0 aromatic heterocycles. The predicted octanol–water partition coefficient (Wildman–Crippen LogP) is 1.71. The zero-order valence-corrected chi connectivity index (χ0v) is 7.69. The third-order valence-corrected chi connectivity index (χ3v) is 2.45. The van der Waals surface area contributed by atoms with Crippen LogP contribution in [-0.2, 0) is 4.79 Å². The predicted molar refractivity (Wildman–Crippen MR) is 46.7 cm³/mol. The molecular weight excluding hydrogens is 207 g/mol. The van der Waals surface area contributed by atoms with Gasteiger partial charge in [0.2, 0.25) is 5.91 Å². The second-order valence-corrected chi connectivity index (χ2v) is 3.50. The quantitative estimate of drug-likeness (QED) is 0.710. The minimum Gasteiger partial charge on any atom is -0.355 e. The molecule has 15 heavy (non-hydrogen) atoms. The van der Waals surface area contributed by atoms with Crippen molar-refractivity contribution < 1.29 is 18.0 Å². The van der Waals surface area contributed by atoms with Crippen LogP contribution in [0.4, 0.5) is 13.2 Å². The molecule has 0 unspecified atom stereocenters. The molecule has 80 valence electrons. The van der Waals surface area contributed by atoms with E-state index in [0.717, 1.165) is 12.1 Å². The topological polar surface area (TPSA) is 29.1 Å². The molecule has 1 atom stereocenters. The monoisotopic (exact) mass is 215 g/mol. The largest absolute Gasteiger partial charge is 0.355 e. The minimum absolute atomic E-state index is 0.162. The summed E-state index contributed by atoms with van der Waals surface area (Å²) >= 11 is 0. The number of amides is 1. The Labute approximate surface area is 84.1 Å². The Bertz CT molecular complexity index is 396. The van der Waals surface area contributed by atoms with Crippen molar-refractivity contribution in [2.75, 3.05) is 6.54 Å².